The van der Waals surface area contributed by atoms with E-state index in [2.05, 4.69) is 6.58 Å². The summed E-state index contributed by atoms with van der Waals surface area (Å²) < 4.78 is 42.3. The van der Waals surface area contributed by atoms with E-state index in [4.69, 9.17) is 4.74 Å². The monoisotopic (exact) mass is 282 g/mol. The lowest BCUT2D eigenvalue weighted by Gasteiger charge is -2.07. The van der Waals surface area contributed by atoms with Crippen LogP contribution in [0.25, 0.3) is 0 Å². The molecule has 0 unspecified atom stereocenters. The van der Waals surface area contributed by atoms with Gasteiger partial charge < -0.3 is 4.74 Å². The van der Waals surface area contributed by atoms with Crippen molar-refractivity contribution in [3.05, 3.63) is 66.0 Å². The highest BCUT2D eigenvalue weighted by Crippen LogP contribution is 2.25. The number of ether oxygens (including phenoxy) is 1. The first-order chi connectivity index (χ1) is 9.36. The molecule has 0 aromatic heterocycles. The van der Waals surface area contributed by atoms with Crippen LogP contribution in [0.15, 0.2) is 60.4 Å². The quantitative estimate of drug-likeness (QED) is 0.453. The molecule has 0 amide bonds. The van der Waals surface area contributed by atoms with E-state index >= 15 is 0 Å². The Morgan fingerprint density at radius 3 is 2.25 bits per heavy atom. The Labute approximate surface area is 114 Å². The van der Waals surface area contributed by atoms with Crippen LogP contribution >= 0.6 is 0 Å². The maximum absolute atomic E-state index is 12.3. The third-order valence-corrected chi connectivity index (χ3v) is 2.40. The fourth-order valence-corrected chi connectivity index (χ4v) is 1.20. The van der Waals surface area contributed by atoms with Gasteiger partial charge in [0.1, 0.15) is 17.8 Å². The summed E-state index contributed by atoms with van der Waals surface area (Å²) in [4.78, 5) is 10.5. The minimum atomic E-state index is -4.37. The van der Waals surface area contributed by atoms with Crippen molar-refractivity contribution in [1.29, 1.82) is 0 Å². The van der Waals surface area contributed by atoms with Crippen LogP contribution in [-0.2, 0) is 0 Å². The molecule has 0 saturated heterocycles. The van der Waals surface area contributed by atoms with Gasteiger partial charge in [-0.05, 0) is 43.3 Å². The van der Waals surface area contributed by atoms with Gasteiger partial charge in [-0.2, -0.15) is 13.2 Å². The lowest BCUT2D eigenvalue weighted by atomic mass is 10.2. The van der Waals surface area contributed by atoms with Crippen LogP contribution in [0.3, 0.4) is 0 Å². The average molecular weight is 282 g/mol. The Morgan fingerprint density at radius 1 is 1.20 bits per heavy atom. The van der Waals surface area contributed by atoms with Gasteiger partial charge in [0.15, 0.2) is 0 Å². The Kier molecular flexibility index (Phi) is 5.32. The molecule has 0 atom stereocenters. The summed E-state index contributed by atoms with van der Waals surface area (Å²) in [5.74, 6) is 0.576. The van der Waals surface area contributed by atoms with E-state index in [1.807, 2.05) is 0 Å². The van der Waals surface area contributed by atoms with Crippen LogP contribution in [0.5, 0.6) is 5.75 Å². The summed E-state index contributed by atoms with van der Waals surface area (Å²) in [6, 6.07) is 6.17. The number of halogens is 3. The first kappa shape index (κ1) is 15.8. The summed E-state index contributed by atoms with van der Waals surface area (Å²) >= 11 is 0. The van der Waals surface area contributed by atoms with Crippen LogP contribution in [0, 0.1) is 0 Å². The van der Waals surface area contributed by atoms with Gasteiger partial charge >= 0.3 is 6.18 Å². The van der Waals surface area contributed by atoms with Gasteiger partial charge in [-0.15, -0.1) is 0 Å². The second-order valence-electron chi connectivity index (χ2n) is 3.91. The Morgan fingerprint density at radius 2 is 1.80 bits per heavy atom. The van der Waals surface area contributed by atoms with E-state index in [9.17, 15) is 18.0 Å². The minimum absolute atomic E-state index is 0.174. The third-order valence-electron chi connectivity index (χ3n) is 2.40. The molecule has 0 aliphatic rings. The molecular weight excluding hydrogens is 269 g/mol. The van der Waals surface area contributed by atoms with Gasteiger partial charge in [-0.3, -0.25) is 4.79 Å². The van der Waals surface area contributed by atoms with E-state index in [1.165, 1.54) is 12.2 Å². The maximum Gasteiger partial charge on any atom is 0.412 e. The first-order valence-electron chi connectivity index (χ1n) is 5.68. The fraction of sp³-hybridized carbons (Fsp3) is 0.133. The van der Waals surface area contributed by atoms with Crippen LogP contribution in [0.2, 0.25) is 0 Å². The maximum atomic E-state index is 12.3. The predicted molar refractivity (Wildman–Crippen MR) is 70.5 cm³/mol. The lowest BCUT2D eigenvalue weighted by Crippen LogP contribution is -2.08. The Balaban J connectivity index is 2.86. The van der Waals surface area contributed by atoms with E-state index in [1.54, 1.807) is 24.3 Å². The van der Waals surface area contributed by atoms with Crippen molar-refractivity contribution in [1.82, 2.24) is 0 Å². The largest absolute Gasteiger partial charge is 0.457 e. The molecule has 1 aromatic carbocycles. The SMILES string of the molecule is C=C/C(=C\C=C(/C)C(F)(F)F)Oc1ccc(C=O)cc1. The zero-order valence-electron chi connectivity index (χ0n) is 10.8. The van der Waals surface area contributed by atoms with Crippen molar-refractivity contribution in [2.45, 2.75) is 13.1 Å². The number of alkyl halides is 3. The third kappa shape index (κ3) is 4.76. The van der Waals surface area contributed by atoms with Crippen molar-refractivity contribution < 1.29 is 22.7 Å². The van der Waals surface area contributed by atoms with E-state index in [-0.39, 0.29) is 5.76 Å². The summed E-state index contributed by atoms with van der Waals surface area (Å²) in [6.45, 7) is 4.44. The van der Waals surface area contributed by atoms with Crippen LogP contribution < -0.4 is 4.74 Å². The molecule has 5 heteroatoms. The number of rotatable bonds is 5. The Bertz CT molecular complexity index is 537. The summed E-state index contributed by atoms with van der Waals surface area (Å²) in [5, 5.41) is 0. The Hall–Kier alpha value is -2.30. The average Bonchev–Trinajstić information content (AvgIpc) is 2.42. The number of carbonyl (C=O) groups is 1. The molecule has 1 rings (SSSR count). The van der Waals surface area contributed by atoms with Gasteiger partial charge in [0, 0.05) is 11.1 Å². The van der Waals surface area contributed by atoms with Crippen molar-refractivity contribution in [2.75, 3.05) is 0 Å². The summed E-state index contributed by atoms with van der Waals surface area (Å²) in [6.07, 6.45) is -0.286. The van der Waals surface area contributed by atoms with Gasteiger partial charge in [0.05, 0.1) is 0 Å². The highest BCUT2D eigenvalue weighted by molar-refractivity contribution is 5.74. The molecular formula is C15H13F3O2. The second kappa shape index (κ2) is 6.75. The summed E-state index contributed by atoms with van der Waals surface area (Å²) in [7, 11) is 0. The zero-order chi connectivity index (χ0) is 15.2. The van der Waals surface area contributed by atoms with Crippen LogP contribution in [-0.4, -0.2) is 12.5 Å². The van der Waals surface area contributed by atoms with Crippen molar-refractivity contribution in [2.24, 2.45) is 0 Å². The molecule has 0 aliphatic carbocycles. The smallest absolute Gasteiger partial charge is 0.412 e. The normalized spacial score (nSPS) is 13.0. The van der Waals surface area contributed by atoms with E-state index in [0.29, 0.717) is 17.6 Å². The first-order valence-corrected chi connectivity index (χ1v) is 5.68. The molecule has 0 radical (unpaired) electrons. The van der Waals surface area contributed by atoms with Gasteiger partial charge in [0.2, 0.25) is 0 Å². The molecule has 0 saturated carbocycles. The van der Waals surface area contributed by atoms with Crippen LogP contribution in [0.1, 0.15) is 17.3 Å². The fourth-order valence-electron chi connectivity index (χ4n) is 1.20. The molecule has 0 bridgehead atoms. The van der Waals surface area contributed by atoms with E-state index in [0.717, 1.165) is 13.0 Å². The second-order valence-corrected chi connectivity index (χ2v) is 3.91. The van der Waals surface area contributed by atoms with Gasteiger partial charge in [0.25, 0.3) is 0 Å². The highest BCUT2D eigenvalue weighted by Gasteiger charge is 2.29. The molecule has 2 nitrogen and oxygen atoms in total. The van der Waals surface area contributed by atoms with Gasteiger partial charge in [-0.1, -0.05) is 12.7 Å². The molecule has 106 valence electrons. The number of benzene rings is 1. The predicted octanol–water partition coefficient (Wildman–Crippen LogP) is 4.46. The van der Waals surface area contributed by atoms with E-state index < -0.39 is 11.7 Å². The molecule has 0 aliphatic heterocycles. The molecule has 0 fully saturated rings. The lowest BCUT2D eigenvalue weighted by molar-refractivity contribution is -0.0913. The number of carbonyl (C=O) groups excluding carboxylic acids is 1. The number of aldehydes is 1. The van der Waals surface area contributed by atoms with Crippen molar-refractivity contribution >= 4 is 6.29 Å². The van der Waals surface area contributed by atoms with Gasteiger partial charge in [-0.25, -0.2) is 0 Å². The van der Waals surface area contributed by atoms with Crippen LogP contribution in [0.4, 0.5) is 13.2 Å². The van der Waals surface area contributed by atoms with Crippen molar-refractivity contribution in [3.63, 3.8) is 0 Å². The van der Waals surface area contributed by atoms with Crippen molar-refractivity contribution in [3.8, 4) is 5.75 Å². The minimum Gasteiger partial charge on any atom is -0.457 e. The molecule has 0 heterocycles. The number of hydrogen-bond acceptors (Lipinski definition) is 2. The topological polar surface area (TPSA) is 26.3 Å². The molecule has 1 aromatic rings. The number of allylic oxidation sites excluding steroid dienone is 4. The number of hydrogen-bond donors (Lipinski definition) is 0. The molecule has 20 heavy (non-hydrogen) atoms. The standard InChI is InChI=1S/C15H13F3O2/c1-3-13(7-4-11(2)15(16,17)18)20-14-8-5-12(10-19)6-9-14/h3-10H,1H2,2H3/b11-4+,13-7+. The highest BCUT2D eigenvalue weighted by atomic mass is 19.4. The molecule has 0 N–H and O–H groups in total. The zero-order valence-corrected chi connectivity index (χ0v) is 10.8. The molecule has 0 spiro atoms. The summed E-state index contributed by atoms with van der Waals surface area (Å²) in [5.41, 5.74) is -0.258.